The Morgan fingerprint density at radius 1 is 1.07 bits per heavy atom. The summed E-state index contributed by atoms with van der Waals surface area (Å²) < 4.78 is 78.5. The normalized spacial score (nSPS) is 18.6. The topological polar surface area (TPSA) is 65.0 Å². The Morgan fingerprint density at radius 3 is 2.39 bits per heavy atom. The van der Waals surface area contributed by atoms with Crippen molar-refractivity contribution in [3.63, 3.8) is 0 Å². The van der Waals surface area contributed by atoms with Gasteiger partial charge in [-0.15, -0.1) is 0 Å². The summed E-state index contributed by atoms with van der Waals surface area (Å²) >= 11 is 0. The molecule has 150 valence electrons. The highest BCUT2D eigenvalue weighted by Crippen LogP contribution is 2.40. The van der Waals surface area contributed by atoms with E-state index < -0.39 is 42.1 Å². The summed E-state index contributed by atoms with van der Waals surface area (Å²) in [5, 5.41) is 8.87. The number of carboxylic acid groups (broad SMARTS) is 1. The van der Waals surface area contributed by atoms with Crippen LogP contribution in [0.3, 0.4) is 0 Å². The summed E-state index contributed by atoms with van der Waals surface area (Å²) in [5.41, 5.74) is -1.17. The second kappa shape index (κ2) is 7.53. The van der Waals surface area contributed by atoms with Gasteiger partial charge in [-0.05, 0) is 30.3 Å². The first-order valence-corrected chi connectivity index (χ1v) is 7.97. The van der Waals surface area contributed by atoms with E-state index in [0.29, 0.717) is 18.6 Å². The van der Waals surface area contributed by atoms with Crippen molar-refractivity contribution < 1.29 is 46.1 Å². The minimum atomic E-state index is -4.74. The minimum absolute atomic E-state index is 0.0869. The van der Waals surface area contributed by atoms with Gasteiger partial charge in [-0.2, -0.15) is 22.0 Å². The fourth-order valence-electron chi connectivity index (χ4n) is 2.43. The molecule has 1 fully saturated rings. The first-order chi connectivity index (χ1) is 13.1. The molecule has 3 rings (SSSR count). The Kier molecular flexibility index (Phi) is 5.30. The fourth-order valence-corrected chi connectivity index (χ4v) is 2.43. The Morgan fingerprint density at radius 2 is 1.79 bits per heavy atom. The monoisotopic (exact) mass is 404 g/mol. The third-order valence-corrected chi connectivity index (χ3v) is 3.86. The van der Waals surface area contributed by atoms with Gasteiger partial charge in [0.25, 0.3) is 0 Å². The molecule has 0 saturated heterocycles. The number of halogens is 5. The van der Waals surface area contributed by atoms with Crippen LogP contribution in [0.25, 0.3) is 0 Å². The molecule has 2 aromatic carbocycles. The maximum Gasteiger partial charge on any atom is 0.416 e. The Hall–Kier alpha value is -3.04. The van der Waals surface area contributed by atoms with Crippen LogP contribution < -0.4 is 14.2 Å². The predicted molar refractivity (Wildman–Crippen MR) is 84.8 cm³/mol. The highest BCUT2D eigenvalue weighted by atomic mass is 19.4. The maximum atomic E-state index is 12.8. The summed E-state index contributed by atoms with van der Waals surface area (Å²) in [6.45, 7) is -3.34. The van der Waals surface area contributed by atoms with Crippen LogP contribution in [0.1, 0.15) is 12.0 Å². The van der Waals surface area contributed by atoms with E-state index in [0.717, 1.165) is 6.07 Å². The zero-order chi connectivity index (χ0) is 20.5. The van der Waals surface area contributed by atoms with Crippen LogP contribution in [-0.2, 0) is 11.0 Å². The molecule has 0 heterocycles. The molecule has 0 aromatic heterocycles. The zero-order valence-corrected chi connectivity index (χ0v) is 14.0. The van der Waals surface area contributed by atoms with Crippen molar-refractivity contribution in [1.29, 1.82) is 0 Å². The molecule has 0 amide bonds. The Labute approximate surface area is 155 Å². The van der Waals surface area contributed by atoms with Crippen molar-refractivity contribution in [3.05, 3.63) is 48.0 Å². The second-order valence-corrected chi connectivity index (χ2v) is 5.95. The van der Waals surface area contributed by atoms with Crippen LogP contribution in [-0.4, -0.2) is 23.8 Å². The molecule has 10 heteroatoms. The van der Waals surface area contributed by atoms with Gasteiger partial charge in [0.2, 0.25) is 0 Å². The van der Waals surface area contributed by atoms with Crippen molar-refractivity contribution in [3.8, 4) is 23.0 Å². The lowest BCUT2D eigenvalue weighted by molar-refractivity contribution is -0.139. The molecule has 0 bridgehead atoms. The van der Waals surface area contributed by atoms with Gasteiger partial charge in [0.15, 0.2) is 11.5 Å². The molecule has 1 saturated carbocycles. The molecular formula is C18H13F5O5. The van der Waals surface area contributed by atoms with Crippen molar-refractivity contribution in [2.45, 2.75) is 25.3 Å². The first kappa shape index (κ1) is 19.7. The van der Waals surface area contributed by atoms with E-state index in [1.807, 2.05) is 0 Å². The summed E-state index contributed by atoms with van der Waals surface area (Å²) in [6, 6.07) is 7.79. The maximum absolute atomic E-state index is 12.8. The first-order valence-electron chi connectivity index (χ1n) is 7.97. The van der Waals surface area contributed by atoms with E-state index in [-0.39, 0.29) is 17.2 Å². The number of aliphatic carboxylic acids is 1. The third-order valence-electron chi connectivity index (χ3n) is 3.86. The zero-order valence-electron chi connectivity index (χ0n) is 14.0. The number of alkyl halides is 5. The summed E-state index contributed by atoms with van der Waals surface area (Å²) in [6.07, 6.45) is -4.88. The van der Waals surface area contributed by atoms with Gasteiger partial charge in [0.05, 0.1) is 11.5 Å². The molecule has 1 N–H and O–H groups in total. The largest absolute Gasteiger partial charge is 0.489 e. The molecule has 0 spiro atoms. The average Bonchev–Trinajstić information content (AvgIpc) is 3.35. The van der Waals surface area contributed by atoms with Crippen LogP contribution in [0.15, 0.2) is 42.5 Å². The Balaban J connectivity index is 1.79. The van der Waals surface area contributed by atoms with Gasteiger partial charge in [0.1, 0.15) is 17.6 Å². The lowest BCUT2D eigenvalue weighted by Gasteiger charge is -2.15. The van der Waals surface area contributed by atoms with Crippen LogP contribution >= 0.6 is 0 Å². The van der Waals surface area contributed by atoms with E-state index >= 15 is 0 Å². The lowest BCUT2D eigenvalue weighted by atomic mass is 10.2. The molecule has 0 aliphatic heterocycles. The van der Waals surface area contributed by atoms with Gasteiger partial charge >= 0.3 is 18.8 Å². The van der Waals surface area contributed by atoms with Crippen molar-refractivity contribution in [2.75, 3.05) is 0 Å². The molecule has 0 radical (unpaired) electrons. The van der Waals surface area contributed by atoms with Crippen molar-refractivity contribution >= 4 is 5.97 Å². The summed E-state index contributed by atoms with van der Waals surface area (Å²) in [7, 11) is 0. The van der Waals surface area contributed by atoms with Crippen molar-refractivity contribution in [1.82, 2.24) is 0 Å². The number of rotatable bonds is 7. The number of hydrogen-bond donors (Lipinski definition) is 1. The third kappa shape index (κ3) is 4.81. The molecule has 1 aliphatic rings. The highest BCUT2D eigenvalue weighted by Gasteiger charge is 2.45. The van der Waals surface area contributed by atoms with Gasteiger partial charge in [0, 0.05) is 12.5 Å². The number of carboxylic acids is 1. The Bertz CT molecular complexity index is 868. The van der Waals surface area contributed by atoms with Gasteiger partial charge < -0.3 is 19.3 Å². The highest BCUT2D eigenvalue weighted by molar-refractivity contribution is 5.74. The molecule has 5 nitrogen and oxygen atoms in total. The van der Waals surface area contributed by atoms with Crippen LogP contribution in [0.4, 0.5) is 22.0 Å². The van der Waals surface area contributed by atoms with Gasteiger partial charge in [-0.25, -0.2) is 0 Å². The summed E-state index contributed by atoms with van der Waals surface area (Å²) in [5.74, 6) is -2.34. The molecule has 2 atom stereocenters. The van der Waals surface area contributed by atoms with Gasteiger partial charge in [-0.1, -0.05) is 6.07 Å². The average molecular weight is 404 g/mol. The van der Waals surface area contributed by atoms with Crippen LogP contribution in [0.2, 0.25) is 0 Å². The standard InChI is InChI=1S/C18H13F5O5/c19-17(20)28-15-6-9(18(21,22)23)4-5-13(15)26-10-2-1-3-11(7-10)27-14-8-12(14)16(24)25/h1-7,12,14,17H,8H2,(H,24,25)/t12-,14-/m1/s1. The smallest absolute Gasteiger partial charge is 0.416 e. The lowest BCUT2D eigenvalue weighted by Crippen LogP contribution is -2.08. The van der Waals surface area contributed by atoms with Crippen LogP contribution in [0, 0.1) is 5.92 Å². The van der Waals surface area contributed by atoms with E-state index in [4.69, 9.17) is 14.6 Å². The van der Waals surface area contributed by atoms with E-state index in [2.05, 4.69) is 4.74 Å². The number of carbonyl (C=O) groups is 1. The number of ether oxygens (including phenoxy) is 3. The molecule has 2 aromatic rings. The van der Waals surface area contributed by atoms with Crippen LogP contribution in [0.5, 0.6) is 23.0 Å². The van der Waals surface area contributed by atoms with E-state index in [1.54, 1.807) is 0 Å². The molecular weight excluding hydrogens is 391 g/mol. The second-order valence-electron chi connectivity index (χ2n) is 5.95. The van der Waals surface area contributed by atoms with E-state index in [1.165, 1.54) is 24.3 Å². The summed E-state index contributed by atoms with van der Waals surface area (Å²) in [4.78, 5) is 10.8. The van der Waals surface area contributed by atoms with E-state index in [9.17, 15) is 26.7 Å². The SMILES string of the molecule is O=C(O)[C@@H]1C[C@H]1Oc1cccc(Oc2ccc(C(F)(F)F)cc2OC(F)F)c1. The number of benzene rings is 2. The quantitative estimate of drug-likeness (QED) is 0.662. The molecule has 28 heavy (non-hydrogen) atoms. The van der Waals surface area contributed by atoms with Gasteiger partial charge in [-0.3, -0.25) is 4.79 Å². The number of hydrogen-bond acceptors (Lipinski definition) is 4. The fraction of sp³-hybridized carbons (Fsp3) is 0.278. The minimum Gasteiger partial charge on any atom is -0.489 e. The predicted octanol–water partition coefficient (Wildman–Crippen LogP) is 4.95. The molecule has 0 unspecified atom stereocenters. The molecule has 1 aliphatic carbocycles. The van der Waals surface area contributed by atoms with Crippen molar-refractivity contribution in [2.24, 2.45) is 5.92 Å².